The molecule has 36 heavy (non-hydrogen) atoms. The largest absolute Gasteiger partial charge is 0.419 e. The van der Waals surface area contributed by atoms with Gasteiger partial charge in [-0.1, -0.05) is 0 Å². The van der Waals surface area contributed by atoms with E-state index < -0.39 is 29.7 Å². The zero-order valence-electron chi connectivity index (χ0n) is 20.0. The van der Waals surface area contributed by atoms with Gasteiger partial charge in [-0.3, -0.25) is 14.5 Å². The summed E-state index contributed by atoms with van der Waals surface area (Å²) in [6.45, 7) is 5.82. The van der Waals surface area contributed by atoms with Crippen molar-refractivity contribution in [1.29, 1.82) is 0 Å². The van der Waals surface area contributed by atoms with Gasteiger partial charge in [0.15, 0.2) is 5.69 Å². The minimum absolute atomic E-state index is 0.00824. The quantitative estimate of drug-likeness (QED) is 0.528. The fourth-order valence-electron chi connectivity index (χ4n) is 4.16. The van der Waals surface area contributed by atoms with Crippen LogP contribution in [-0.4, -0.2) is 66.9 Å². The van der Waals surface area contributed by atoms with Gasteiger partial charge in [0.25, 0.3) is 5.91 Å². The van der Waals surface area contributed by atoms with Crippen molar-refractivity contribution in [1.82, 2.24) is 29.6 Å². The van der Waals surface area contributed by atoms with Crippen molar-refractivity contribution in [2.24, 2.45) is 7.05 Å². The number of pyridine rings is 1. The number of hydrogen-bond donors (Lipinski definition) is 1. The van der Waals surface area contributed by atoms with Gasteiger partial charge < -0.3 is 15.0 Å². The highest BCUT2D eigenvalue weighted by atomic mass is 19.4. The molecule has 4 heterocycles. The van der Waals surface area contributed by atoms with Crippen molar-refractivity contribution < 1.29 is 27.1 Å². The van der Waals surface area contributed by atoms with Crippen molar-refractivity contribution in [3.63, 3.8) is 0 Å². The summed E-state index contributed by atoms with van der Waals surface area (Å²) in [6.07, 6.45) is -2.75. The fourth-order valence-corrected chi connectivity index (χ4v) is 4.16. The zero-order chi connectivity index (χ0) is 26.2. The number of rotatable bonds is 5. The first kappa shape index (κ1) is 25.5. The third kappa shape index (κ3) is 5.15. The number of alkyl halides is 3. The van der Waals surface area contributed by atoms with E-state index in [0.717, 1.165) is 6.20 Å². The Hall–Kier alpha value is -3.61. The van der Waals surface area contributed by atoms with E-state index in [2.05, 4.69) is 25.4 Å². The first-order chi connectivity index (χ1) is 17.0. The van der Waals surface area contributed by atoms with Gasteiger partial charge in [0.1, 0.15) is 5.82 Å². The molecule has 1 aliphatic heterocycles. The molecule has 1 fully saturated rings. The predicted molar refractivity (Wildman–Crippen MR) is 121 cm³/mol. The number of aryl methyl sites for hydroxylation is 1. The molecule has 9 nitrogen and oxygen atoms in total. The average molecular weight is 507 g/mol. The summed E-state index contributed by atoms with van der Waals surface area (Å²) in [5.74, 6) is -0.881. The Morgan fingerprint density at radius 2 is 1.86 bits per heavy atom. The van der Waals surface area contributed by atoms with Crippen LogP contribution in [-0.2, 0) is 18.0 Å². The monoisotopic (exact) mass is 507 g/mol. The van der Waals surface area contributed by atoms with Crippen LogP contribution in [0.25, 0.3) is 11.3 Å². The Labute approximate surface area is 204 Å². The van der Waals surface area contributed by atoms with E-state index in [1.807, 2.05) is 13.8 Å². The van der Waals surface area contributed by atoms with Gasteiger partial charge in [0.2, 0.25) is 5.95 Å². The number of nitrogens with zero attached hydrogens (tertiary/aromatic N) is 6. The Bertz CT molecular complexity index is 1230. The summed E-state index contributed by atoms with van der Waals surface area (Å²) in [6, 6.07) is 2.25. The van der Waals surface area contributed by atoms with Gasteiger partial charge in [-0.05, 0) is 32.9 Å². The van der Waals surface area contributed by atoms with Crippen LogP contribution in [0, 0.1) is 12.7 Å². The molecule has 0 aromatic carbocycles. The second kappa shape index (κ2) is 9.80. The van der Waals surface area contributed by atoms with Crippen LogP contribution in [0.1, 0.15) is 35.6 Å². The lowest BCUT2D eigenvalue weighted by Gasteiger charge is -2.42. The molecule has 0 radical (unpaired) electrons. The van der Waals surface area contributed by atoms with Gasteiger partial charge in [0, 0.05) is 38.2 Å². The number of carbonyl (C=O) groups excluding carboxylic acids is 1. The molecule has 4 rings (SSSR count). The third-order valence-electron chi connectivity index (χ3n) is 6.07. The molecule has 1 saturated heterocycles. The second-order valence-electron chi connectivity index (χ2n) is 8.64. The van der Waals surface area contributed by atoms with Crippen molar-refractivity contribution >= 4 is 11.9 Å². The Balaban J connectivity index is 1.61. The number of carbonyl (C=O) groups is 1. The molecular weight excluding hydrogens is 482 g/mol. The van der Waals surface area contributed by atoms with Crippen LogP contribution in [0.15, 0.2) is 30.7 Å². The molecule has 192 valence electrons. The number of halogens is 4. The van der Waals surface area contributed by atoms with Crippen LogP contribution in [0.4, 0.5) is 23.5 Å². The average Bonchev–Trinajstić information content (AvgIpc) is 3.12. The van der Waals surface area contributed by atoms with Crippen LogP contribution in [0.2, 0.25) is 0 Å². The lowest BCUT2D eigenvalue weighted by Crippen LogP contribution is -2.58. The van der Waals surface area contributed by atoms with Gasteiger partial charge in [-0.15, -0.1) is 0 Å². The van der Waals surface area contributed by atoms with Crippen molar-refractivity contribution in [2.45, 2.75) is 45.2 Å². The molecule has 3 aromatic heterocycles. The summed E-state index contributed by atoms with van der Waals surface area (Å²) in [7, 11) is 1.70. The van der Waals surface area contributed by atoms with Crippen molar-refractivity contribution in [3.05, 3.63) is 53.5 Å². The highest BCUT2D eigenvalue weighted by Gasteiger charge is 2.38. The number of nitrogens with one attached hydrogen (secondary N) is 1. The molecule has 3 aromatic rings. The van der Waals surface area contributed by atoms with Crippen molar-refractivity contribution in [3.8, 4) is 11.3 Å². The number of amides is 1. The molecular formula is C23H25F4N7O2. The van der Waals surface area contributed by atoms with E-state index in [1.165, 1.54) is 12.1 Å². The zero-order valence-corrected chi connectivity index (χ0v) is 20.0. The fraction of sp³-hybridized carbons (Fsp3) is 0.435. The second-order valence-corrected chi connectivity index (χ2v) is 8.64. The van der Waals surface area contributed by atoms with Crippen LogP contribution in [0.3, 0.4) is 0 Å². The molecule has 0 spiro atoms. The maximum Gasteiger partial charge on any atom is 0.419 e. The standard InChI is InChI=1S/C23H25F4N7O2/c1-12-11-34(18(14(3)36-12)10-31-22-29-7-15(8-30-22)23(25,26)27)21(35)20-19(13(2)33(4)32-20)17-6-5-16(24)9-28-17/h5-9,12,14,18H,10-11H2,1-4H3,(H,29,30,31)/t12-,14+,18-/m1/s1. The van der Waals surface area contributed by atoms with Gasteiger partial charge in [-0.25, -0.2) is 14.4 Å². The molecule has 3 atom stereocenters. The predicted octanol–water partition coefficient (Wildman–Crippen LogP) is 3.47. The van der Waals surface area contributed by atoms with Gasteiger partial charge >= 0.3 is 6.18 Å². The Morgan fingerprint density at radius 1 is 1.17 bits per heavy atom. The highest BCUT2D eigenvalue weighted by Crippen LogP contribution is 2.30. The molecule has 1 aliphatic rings. The van der Waals surface area contributed by atoms with E-state index in [9.17, 15) is 22.4 Å². The minimum Gasteiger partial charge on any atom is -0.372 e. The lowest BCUT2D eigenvalue weighted by molar-refractivity contribution is -0.138. The molecule has 1 N–H and O–H groups in total. The van der Waals surface area contributed by atoms with Crippen LogP contribution < -0.4 is 5.32 Å². The topological polar surface area (TPSA) is 98.1 Å². The summed E-state index contributed by atoms with van der Waals surface area (Å²) in [5, 5.41) is 7.32. The van der Waals surface area contributed by atoms with E-state index in [0.29, 0.717) is 29.3 Å². The number of ether oxygens (including phenoxy) is 1. The van der Waals surface area contributed by atoms with Crippen molar-refractivity contribution in [2.75, 3.05) is 18.4 Å². The lowest BCUT2D eigenvalue weighted by atomic mass is 10.0. The number of morpholine rings is 1. The normalized spacial score (nSPS) is 20.4. The Morgan fingerprint density at radius 3 is 2.47 bits per heavy atom. The third-order valence-corrected chi connectivity index (χ3v) is 6.07. The van der Waals surface area contributed by atoms with Gasteiger partial charge in [0.05, 0.1) is 41.3 Å². The summed E-state index contributed by atoms with van der Waals surface area (Å²) >= 11 is 0. The van der Waals surface area contributed by atoms with E-state index in [-0.39, 0.29) is 36.7 Å². The first-order valence-electron chi connectivity index (χ1n) is 11.2. The molecule has 0 bridgehead atoms. The highest BCUT2D eigenvalue weighted by molar-refractivity contribution is 5.99. The first-order valence-corrected chi connectivity index (χ1v) is 11.2. The number of hydrogen-bond acceptors (Lipinski definition) is 7. The van der Waals surface area contributed by atoms with Crippen LogP contribution >= 0.6 is 0 Å². The molecule has 0 unspecified atom stereocenters. The SMILES string of the molecule is Cc1c(-c2ccc(F)cn2)c(C(=O)N2C[C@@H](C)O[C@@H](C)[C@H]2CNc2ncc(C(F)(F)F)cn2)nn1C. The maximum absolute atomic E-state index is 13.8. The summed E-state index contributed by atoms with van der Waals surface area (Å²) in [4.78, 5) is 27.0. The van der Waals surface area contributed by atoms with E-state index >= 15 is 0 Å². The van der Waals surface area contributed by atoms with Crippen LogP contribution in [0.5, 0.6) is 0 Å². The molecule has 0 saturated carbocycles. The summed E-state index contributed by atoms with van der Waals surface area (Å²) < 4.78 is 59.3. The molecule has 13 heteroatoms. The van der Waals surface area contributed by atoms with Gasteiger partial charge in [-0.2, -0.15) is 18.3 Å². The smallest absolute Gasteiger partial charge is 0.372 e. The maximum atomic E-state index is 13.8. The summed E-state index contributed by atoms with van der Waals surface area (Å²) in [5.41, 5.74) is 0.783. The molecule has 0 aliphatic carbocycles. The van der Waals surface area contributed by atoms with E-state index in [4.69, 9.17) is 4.74 Å². The van der Waals surface area contributed by atoms with E-state index in [1.54, 1.807) is 23.6 Å². The number of anilines is 1. The number of aromatic nitrogens is 5. The minimum atomic E-state index is -4.54. The molecule has 1 amide bonds. The Kier molecular flexibility index (Phi) is 6.94.